The molecule has 2 amide bonds. The van der Waals surface area contributed by atoms with Gasteiger partial charge in [-0.2, -0.15) is 0 Å². The van der Waals surface area contributed by atoms with E-state index in [0.29, 0.717) is 25.9 Å². The maximum Gasteiger partial charge on any atom is 0.220 e. The zero-order valence-electron chi connectivity index (χ0n) is 22.3. The van der Waals surface area contributed by atoms with E-state index in [-0.39, 0.29) is 23.8 Å². The summed E-state index contributed by atoms with van der Waals surface area (Å²) in [6, 6.07) is 10.4. The van der Waals surface area contributed by atoms with Gasteiger partial charge in [0.05, 0.1) is 20.3 Å². The van der Waals surface area contributed by atoms with E-state index < -0.39 is 0 Å². The molecule has 2 unspecified atom stereocenters. The van der Waals surface area contributed by atoms with Crippen molar-refractivity contribution in [1.82, 2.24) is 15.6 Å². The van der Waals surface area contributed by atoms with Gasteiger partial charge in [-0.3, -0.25) is 9.59 Å². The molecule has 0 fully saturated rings. The number of aromatic amines is 1. The quantitative estimate of drug-likeness (QED) is 0.384. The van der Waals surface area contributed by atoms with Gasteiger partial charge in [0.2, 0.25) is 11.8 Å². The number of methoxy groups -OCH3 is 2. The van der Waals surface area contributed by atoms with E-state index in [9.17, 15) is 9.59 Å². The molecule has 8 nitrogen and oxygen atoms in total. The molecule has 6 rings (SSSR count). The number of benzene rings is 2. The number of fused-ring (bicyclic) bond motifs is 15. The molecule has 1 aromatic heterocycles. The normalized spacial score (nSPS) is 21.1. The molecule has 38 heavy (non-hydrogen) atoms. The lowest BCUT2D eigenvalue weighted by atomic mass is 9.86. The van der Waals surface area contributed by atoms with Crippen LogP contribution in [0.15, 0.2) is 36.5 Å². The third-order valence-corrected chi connectivity index (χ3v) is 7.88. The Morgan fingerprint density at radius 1 is 0.816 bits per heavy atom. The van der Waals surface area contributed by atoms with Crippen molar-refractivity contribution in [2.75, 3.05) is 32.6 Å². The van der Waals surface area contributed by atoms with Crippen molar-refractivity contribution >= 4 is 28.4 Å². The van der Waals surface area contributed by atoms with E-state index in [2.05, 4.69) is 45.2 Å². The molecule has 0 aliphatic carbocycles. The second kappa shape index (κ2) is 11.8. The summed E-state index contributed by atoms with van der Waals surface area (Å²) in [6.45, 7) is 1.19. The summed E-state index contributed by atoms with van der Waals surface area (Å²) < 4.78 is 11.5. The van der Waals surface area contributed by atoms with Crippen molar-refractivity contribution in [2.24, 2.45) is 0 Å². The first-order chi connectivity index (χ1) is 18.6. The van der Waals surface area contributed by atoms with E-state index in [1.165, 1.54) is 5.56 Å². The zero-order chi connectivity index (χ0) is 26.5. The first-order valence-electron chi connectivity index (χ1n) is 13.7. The predicted octanol–water partition coefficient (Wildman–Crippen LogP) is 4.95. The van der Waals surface area contributed by atoms with Crippen LogP contribution in [-0.4, -0.2) is 44.1 Å². The molecule has 3 aromatic rings. The number of carbonyl (C=O) groups is 2. The van der Waals surface area contributed by atoms with E-state index in [4.69, 9.17) is 9.47 Å². The van der Waals surface area contributed by atoms with Crippen LogP contribution in [0, 0.1) is 0 Å². The monoisotopic (exact) mass is 518 g/mol. The Labute approximate surface area is 223 Å². The molecule has 0 saturated heterocycles. The highest BCUT2D eigenvalue weighted by atomic mass is 16.5. The third-order valence-electron chi connectivity index (χ3n) is 7.88. The van der Waals surface area contributed by atoms with Gasteiger partial charge in [-0.15, -0.1) is 0 Å². The van der Waals surface area contributed by atoms with E-state index in [0.717, 1.165) is 77.7 Å². The summed E-state index contributed by atoms with van der Waals surface area (Å²) in [7, 11) is 3.39. The minimum atomic E-state index is -0.0199. The van der Waals surface area contributed by atoms with Crippen LogP contribution in [0.25, 0.3) is 10.9 Å². The van der Waals surface area contributed by atoms with Gasteiger partial charge in [-0.25, -0.2) is 0 Å². The van der Waals surface area contributed by atoms with Crippen LogP contribution >= 0.6 is 0 Å². The Kier molecular flexibility index (Phi) is 8.05. The molecule has 4 N–H and O–H groups in total. The van der Waals surface area contributed by atoms with Gasteiger partial charge in [0.25, 0.3) is 0 Å². The lowest BCUT2D eigenvalue weighted by Gasteiger charge is -2.23. The van der Waals surface area contributed by atoms with Gasteiger partial charge in [-0.1, -0.05) is 12.8 Å². The maximum atomic E-state index is 12.5. The van der Waals surface area contributed by atoms with Crippen LogP contribution in [0.1, 0.15) is 73.6 Å². The zero-order valence-corrected chi connectivity index (χ0v) is 22.3. The fourth-order valence-corrected chi connectivity index (χ4v) is 5.83. The SMILES string of the molecule is COc1ccc2c(c1)C1CCNC(=O)CCCCCCC(=O)NCCc3c[nH]c4cc(c(OC)cc34)C1N2. The summed E-state index contributed by atoms with van der Waals surface area (Å²) in [5, 5.41) is 11.0. The number of rotatable bonds is 2. The fourth-order valence-electron chi connectivity index (χ4n) is 5.83. The number of aromatic nitrogens is 1. The highest BCUT2D eigenvalue weighted by molar-refractivity contribution is 5.86. The summed E-state index contributed by atoms with van der Waals surface area (Å²) >= 11 is 0. The minimum absolute atomic E-state index is 0.0199. The maximum absolute atomic E-state index is 12.5. The molecular weight excluding hydrogens is 480 g/mol. The Balaban J connectivity index is 1.48. The molecule has 4 bridgehead atoms. The number of hydrogen-bond donors (Lipinski definition) is 4. The molecular formula is C30H38N4O4. The second-order valence-corrected chi connectivity index (χ2v) is 10.3. The number of hydrogen-bond acceptors (Lipinski definition) is 5. The van der Waals surface area contributed by atoms with E-state index in [1.807, 2.05) is 12.3 Å². The smallest absolute Gasteiger partial charge is 0.220 e. The molecule has 2 atom stereocenters. The Morgan fingerprint density at radius 3 is 2.32 bits per heavy atom. The second-order valence-electron chi connectivity index (χ2n) is 10.3. The number of amides is 2. The highest BCUT2D eigenvalue weighted by Gasteiger charge is 2.35. The van der Waals surface area contributed by atoms with Crippen molar-refractivity contribution in [3.8, 4) is 11.5 Å². The number of ether oxygens (including phenoxy) is 2. The summed E-state index contributed by atoms with van der Waals surface area (Å²) in [5.41, 5.74) is 5.52. The van der Waals surface area contributed by atoms with Crippen molar-refractivity contribution in [3.63, 3.8) is 0 Å². The van der Waals surface area contributed by atoms with Gasteiger partial charge >= 0.3 is 0 Å². The van der Waals surface area contributed by atoms with E-state index in [1.54, 1.807) is 14.2 Å². The molecule has 0 saturated carbocycles. The summed E-state index contributed by atoms with van der Waals surface area (Å²) in [6.07, 6.45) is 8.21. The van der Waals surface area contributed by atoms with Crippen LogP contribution in [0.3, 0.4) is 0 Å². The van der Waals surface area contributed by atoms with Gasteiger partial charge in [0, 0.05) is 60.2 Å². The molecule has 3 aliphatic heterocycles. The summed E-state index contributed by atoms with van der Waals surface area (Å²) in [5.74, 6) is 1.94. The Hall–Kier alpha value is -3.68. The van der Waals surface area contributed by atoms with Crippen LogP contribution < -0.4 is 25.4 Å². The van der Waals surface area contributed by atoms with Crippen molar-refractivity contribution in [2.45, 2.75) is 63.3 Å². The van der Waals surface area contributed by atoms with Crippen LogP contribution in [0.4, 0.5) is 5.69 Å². The number of carbonyl (C=O) groups excluding carboxylic acids is 2. The average molecular weight is 519 g/mol. The average Bonchev–Trinajstić information content (AvgIpc) is 3.49. The minimum Gasteiger partial charge on any atom is -0.497 e. The van der Waals surface area contributed by atoms with Crippen molar-refractivity contribution in [1.29, 1.82) is 0 Å². The molecule has 0 spiro atoms. The van der Waals surface area contributed by atoms with E-state index >= 15 is 0 Å². The molecule has 2 aromatic carbocycles. The van der Waals surface area contributed by atoms with Gasteiger partial charge < -0.3 is 30.4 Å². The molecule has 3 aliphatic rings. The van der Waals surface area contributed by atoms with Crippen molar-refractivity contribution in [3.05, 3.63) is 53.2 Å². The topological polar surface area (TPSA) is 104 Å². The molecule has 8 heteroatoms. The molecule has 0 radical (unpaired) electrons. The Bertz CT molecular complexity index is 1300. The molecule has 4 heterocycles. The number of anilines is 1. The molecule has 202 valence electrons. The third kappa shape index (κ3) is 5.59. The number of H-pyrrole nitrogens is 1. The first kappa shape index (κ1) is 25.9. The fraction of sp³-hybridized carbons (Fsp3) is 0.467. The van der Waals surface area contributed by atoms with Gasteiger partial charge in [0.1, 0.15) is 11.5 Å². The summed E-state index contributed by atoms with van der Waals surface area (Å²) in [4.78, 5) is 28.2. The van der Waals surface area contributed by atoms with Crippen LogP contribution in [0.5, 0.6) is 11.5 Å². The van der Waals surface area contributed by atoms with Crippen LogP contribution in [-0.2, 0) is 16.0 Å². The number of nitrogens with one attached hydrogen (secondary N) is 4. The van der Waals surface area contributed by atoms with Crippen molar-refractivity contribution < 1.29 is 19.1 Å². The standard InChI is InChI=1S/C30H38N4O4/c1-37-20-9-10-25-23(15-20)21-12-14-32-29(36)8-6-4-3-5-7-28(35)31-13-11-19-18-33-26-16-24(30(21)34-25)27(38-2)17-22(19)26/h9-10,15-18,21,30,33-34H,3-8,11-14H2,1-2H3,(H,31,35)(H,32,36). The Morgan fingerprint density at radius 2 is 1.58 bits per heavy atom. The van der Waals surface area contributed by atoms with Gasteiger partial charge in [-0.05, 0) is 67.1 Å². The lowest BCUT2D eigenvalue weighted by Crippen LogP contribution is -2.26. The first-order valence-corrected chi connectivity index (χ1v) is 13.7. The largest absolute Gasteiger partial charge is 0.497 e. The highest BCUT2D eigenvalue weighted by Crippen LogP contribution is 2.49. The lowest BCUT2D eigenvalue weighted by molar-refractivity contribution is -0.122. The van der Waals surface area contributed by atoms with Crippen LogP contribution in [0.2, 0.25) is 0 Å². The van der Waals surface area contributed by atoms with Gasteiger partial charge in [0.15, 0.2) is 0 Å². The predicted molar refractivity (Wildman–Crippen MR) is 149 cm³/mol.